The van der Waals surface area contributed by atoms with Crippen LogP contribution in [-0.4, -0.2) is 57.9 Å². The zero-order valence-electron chi connectivity index (χ0n) is 9.85. The fourth-order valence-electron chi connectivity index (χ4n) is 1.78. The van der Waals surface area contributed by atoms with E-state index < -0.39 is 22.7 Å². The maximum Gasteiger partial charge on any atom is 0.317 e. The first-order valence-corrected chi connectivity index (χ1v) is 7.29. The van der Waals surface area contributed by atoms with E-state index in [-0.39, 0.29) is 12.6 Å². The van der Waals surface area contributed by atoms with Gasteiger partial charge in [0, 0.05) is 42.4 Å². The number of hydrogen-bond donors (Lipinski definition) is 2. The molecule has 0 aromatic heterocycles. The Labute approximate surface area is 103 Å². The Kier molecular flexibility index (Phi) is 5.40. The molecule has 1 unspecified atom stereocenters. The number of nitrogens with one attached hydrogen (secondary N) is 1. The van der Waals surface area contributed by atoms with Gasteiger partial charge < -0.3 is 15.3 Å². The van der Waals surface area contributed by atoms with Gasteiger partial charge in [-0.3, -0.25) is 9.00 Å². The van der Waals surface area contributed by atoms with Crippen molar-refractivity contribution < 1.29 is 18.9 Å². The van der Waals surface area contributed by atoms with Gasteiger partial charge in [0.05, 0.1) is 5.92 Å². The fourth-order valence-corrected chi connectivity index (χ4v) is 2.17. The summed E-state index contributed by atoms with van der Waals surface area (Å²) < 4.78 is 10.8. The van der Waals surface area contributed by atoms with Crippen molar-refractivity contribution >= 4 is 22.8 Å². The molecule has 0 radical (unpaired) electrons. The molecule has 1 saturated heterocycles. The normalized spacial score (nSPS) is 21.9. The van der Waals surface area contributed by atoms with Gasteiger partial charge in [-0.05, 0) is 12.8 Å². The molecule has 1 aliphatic rings. The van der Waals surface area contributed by atoms with Crippen LogP contribution in [0.15, 0.2) is 0 Å². The molecule has 98 valence electrons. The minimum Gasteiger partial charge on any atom is -0.481 e. The summed E-state index contributed by atoms with van der Waals surface area (Å²) in [5.41, 5.74) is 0. The quantitative estimate of drug-likeness (QED) is 0.739. The largest absolute Gasteiger partial charge is 0.481 e. The number of carboxylic acid groups (broad SMARTS) is 1. The number of carboxylic acids is 1. The van der Waals surface area contributed by atoms with E-state index >= 15 is 0 Å². The van der Waals surface area contributed by atoms with Crippen LogP contribution in [0.1, 0.15) is 12.8 Å². The third-order valence-electron chi connectivity index (χ3n) is 2.72. The van der Waals surface area contributed by atoms with E-state index in [0.29, 0.717) is 31.7 Å². The number of hydrogen-bond acceptors (Lipinski definition) is 3. The molecule has 0 aliphatic carbocycles. The van der Waals surface area contributed by atoms with Crippen LogP contribution in [0.4, 0.5) is 4.79 Å². The van der Waals surface area contributed by atoms with Crippen molar-refractivity contribution in [3.8, 4) is 0 Å². The minimum absolute atomic E-state index is 0.260. The average Bonchev–Trinajstić information content (AvgIpc) is 2.28. The first kappa shape index (κ1) is 14.0. The predicted octanol–water partition coefficient (Wildman–Crippen LogP) is -0.129. The summed E-state index contributed by atoms with van der Waals surface area (Å²) in [6.45, 7) is 1.21. The molecule has 1 rings (SSSR count). The highest BCUT2D eigenvalue weighted by atomic mass is 32.2. The number of nitrogens with zero attached hydrogens (tertiary/aromatic N) is 1. The standard InChI is InChI=1S/C10H18N2O4S/c1-17(16)6-4-11-10(15)12-5-2-3-8(7-12)9(13)14/h8H,2-7H2,1H3,(H,11,15)(H,13,14)/t8-,17?/m1/s1. The first-order valence-electron chi connectivity index (χ1n) is 5.56. The van der Waals surface area contributed by atoms with E-state index in [2.05, 4.69) is 5.32 Å². The molecule has 0 aromatic rings. The number of likely N-dealkylation sites (tertiary alicyclic amines) is 1. The lowest BCUT2D eigenvalue weighted by Gasteiger charge is -2.30. The van der Waals surface area contributed by atoms with Crippen LogP contribution in [0.5, 0.6) is 0 Å². The van der Waals surface area contributed by atoms with Crippen LogP contribution < -0.4 is 5.32 Å². The zero-order chi connectivity index (χ0) is 12.8. The lowest BCUT2D eigenvalue weighted by atomic mass is 9.99. The van der Waals surface area contributed by atoms with E-state index in [1.165, 1.54) is 4.90 Å². The highest BCUT2D eigenvalue weighted by Gasteiger charge is 2.27. The number of urea groups is 1. The summed E-state index contributed by atoms with van der Waals surface area (Å²) in [6.07, 6.45) is 2.91. The molecule has 1 aliphatic heterocycles. The highest BCUT2D eigenvalue weighted by Crippen LogP contribution is 2.16. The molecule has 0 aromatic carbocycles. The summed E-state index contributed by atoms with van der Waals surface area (Å²) in [5, 5.41) is 11.5. The molecule has 1 fully saturated rings. The molecule has 0 spiro atoms. The number of aliphatic carboxylic acids is 1. The third kappa shape index (κ3) is 4.72. The lowest BCUT2D eigenvalue weighted by molar-refractivity contribution is -0.143. The van der Waals surface area contributed by atoms with Crippen LogP contribution >= 0.6 is 0 Å². The molecule has 0 saturated carbocycles. The van der Waals surface area contributed by atoms with E-state index in [1.54, 1.807) is 6.26 Å². The Morgan fingerprint density at radius 1 is 1.53 bits per heavy atom. The van der Waals surface area contributed by atoms with Gasteiger partial charge in [0.2, 0.25) is 0 Å². The second kappa shape index (κ2) is 6.58. The summed E-state index contributed by atoms with van der Waals surface area (Å²) in [4.78, 5) is 24.0. The topological polar surface area (TPSA) is 86.7 Å². The van der Waals surface area contributed by atoms with Crippen molar-refractivity contribution in [2.24, 2.45) is 5.92 Å². The van der Waals surface area contributed by atoms with Gasteiger partial charge in [-0.15, -0.1) is 0 Å². The molecule has 2 atom stereocenters. The number of amides is 2. The van der Waals surface area contributed by atoms with E-state index in [0.717, 1.165) is 0 Å². The monoisotopic (exact) mass is 262 g/mol. The smallest absolute Gasteiger partial charge is 0.317 e. The Morgan fingerprint density at radius 3 is 2.82 bits per heavy atom. The van der Waals surface area contributed by atoms with Crippen molar-refractivity contribution in [1.82, 2.24) is 10.2 Å². The van der Waals surface area contributed by atoms with Gasteiger partial charge in [0.25, 0.3) is 0 Å². The summed E-state index contributed by atoms with van der Waals surface area (Å²) in [7, 11) is -0.929. The van der Waals surface area contributed by atoms with Gasteiger partial charge >= 0.3 is 12.0 Å². The molecule has 2 amide bonds. The molecule has 17 heavy (non-hydrogen) atoms. The molecule has 0 bridgehead atoms. The summed E-state index contributed by atoms with van der Waals surface area (Å²) in [6, 6.07) is -0.263. The Morgan fingerprint density at radius 2 is 2.24 bits per heavy atom. The molecular weight excluding hydrogens is 244 g/mol. The molecule has 2 N–H and O–H groups in total. The third-order valence-corrected chi connectivity index (χ3v) is 3.50. The SMILES string of the molecule is CS(=O)CCNC(=O)N1CCC[C@@H](C(=O)O)C1. The van der Waals surface area contributed by atoms with Crippen molar-refractivity contribution in [1.29, 1.82) is 0 Å². The van der Waals surface area contributed by atoms with E-state index in [9.17, 15) is 13.8 Å². The maximum atomic E-state index is 11.7. The second-order valence-electron chi connectivity index (χ2n) is 4.13. The van der Waals surface area contributed by atoms with Gasteiger partial charge in [0.15, 0.2) is 0 Å². The number of rotatable bonds is 4. The van der Waals surface area contributed by atoms with Crippen LogP contribution in [0.2, 0.25) is 0 Å². The zero-order valence-corrected chi connectivity index (χ0v) is 10.7. The van der Waals surface area contributed by atoms with Crippen LogP contribution in [0, 0.1) is 5.92 Å². The van der Waals surface area contributed by atoms with Crippen molar-refractivity contribution in [2.75, 3.05) is 31.6 Å². The molecule has 6 nitrogen and oxygen atoms in total. The maximum absolute atomic E-state index is 11.7. The van der Waals surface area contributed by atoms with Gasteiger partial charge in [0.1, 0.15) is 0 Å². The van der Waals surface area contributed by atoms with E-state index in [1.807, 2.05) is 0 Å². The highest BCUT2D eigenvalue weighted by molar-refractivity contribution is 7.84. The second-order valence-corrected chi connectivity index (χ2v) is 5.69. The van der Waals surface area contributed by atoms with Crippen molar-refractivity contribution in [2.45, 2.75) is 12.8 Å². The number of carbonyl (C=O) groups is 2. The van der Waals surface area contributed by atoms with Gasteiger partial charge in [-0.2, -0.15) is 0 Å². The predicted molar refractivity (Wildman–Crippen MR) is 64.3 cm³/mol. The average molecular weight is 262 g/mol. The summed E-state index contributed by atoms with van der Waals surface area (Å²) in [5.74, 6) is -0.894. The van der Waals surface area contributed by atoms with Crippen LogP contribution in [0.25, 0.3) is 0 Å². The van der Waals surface area contributed by atoms with E-state index in [4.69, 9.17) is 5.11 Å². The Balaban J connectivity index is 2.35. The molecule has 7 heteroatoms. The molecular formula is C10H18N2O4S. The molecule has 1 heterocycles. The first-order chi connectivity index (χ1) is 8.00. The van der Waals surface area contributed by atoms with Crippen molar-refractivity contribution in [3.63, 3.8) is 0 Å². The van der Waals surface area contributed by atoms with Crippen molar-refractivity contribution in [3.05, 3.63) is 0 Å². The fraction of sp³-hybridized carbons (Fsp3) is 0.800. The minimum atomic E-state index is -0.929. The number of carbonyl (C=O) groups excluding carboxylic acids is 1. The Hall–Kier alpha value is -1.11. The number of piperidine rings is 1. The van der Waals surface area contributed by atoms with Gasteiger partial charge in [-0.25, -0.2) is 4.79 Å². The van der Waals surface area contributed by atoms with Crippen LogP contribution in [0.3, 0.4) is 0 Å². The Bertz CT molecular complexity index is 321. The lowest BCUT2D eigenvalue weighted by Crippen LogP contribution is -2.47. The van der Waals surface area contributed by atoms with Gasteiger partial charge in [-0.1, -0.05) is 0 Å². The van der Waals surface area contributed by atoms with Crippen LogP contribution in [-0.2, 0) is 15.6 Å². The summed E-state index contributed by atoms with van der Waals surface area (Å²) >= 11 is 0.